The van der Waals surface area contributed by atoms with Crippen molar-refractivity contribution in [2.24, 2.45) is 0 Å². The number of benzene rings is 1. The van der Waals surface area contributed by atoms with Crippen LogP contribution in [0.15, 0.2) is 24.3 Å². The van der Waals surface area contributed by atoms with Gasteiger partial charge in [-0.05, 0) is 24.0 Å². The fraction of sp³-hybridized carbons (Fsp3) is 0.571. The van der Waals surface area contributed by atoms with Gasteiger partial charge in [0.15, 0.2) is 0 Å². The van der Waals surface area contributed by atoms with E-state index in [4.69, 9.17) is 4.74 Å². The standard InChI is InChI=1S/C14H19NO/c1-2-5-11-8-13-12-7-4-3-6-10(12)9-16-14(13)15-11/h3-4,6-7,11,13-15H,2,5,8-9H2,1H3. The Bertz CT molecular complexity index is 377. The SMILES string of the molecule is CCCC1CC2c3ccccc3COC2N1. The summed E-state index contributed by atoms with van der Waals surface area (Å²) in [6, 6.07) is 9.36. The number of hydrogen-bond acceptors (Lipinski definition) is 2. The molecule has 2 heterocycles. The molecule has 0 spiro atoms. The summed E-state index contributed by atoms with van der Waals surface area (Å²) in [6.45, 7) is 3.02. The molecule has 3 unspecified atom stereocenters. The van der Waals surface area contributed by atoms with E-state index in [0.29, 0.717) is 12.0 Å². The molecule has 16 heavy (non-hydrogen) atoms. The minimum absolute atomic E-state index is 0.256. The molecule has 0 radical (unpaired) electrons. The molecule has 2 heteroatoms. The third-order valence-electron chi connectivity index (χ3n) is 3.81. The first-order valence-electron chi connectivity index (χ1n) is 6.34. The minimum Gasteiger partial charge on any atom is -0.358 e. The van der Waals surface area contributed by atoms with Crippen LogP contribution in [0.25, 0.3) is 0 Å². The van der Waals surface area contributed by atoms with Crippen molar-refractivity contribution >= 4 is 0 Å². The van der Waals surface area contributed by atoms with Gasteiger partial charge in [-0.2, -0.15) is 0 Å². The van der Waals surface area contributed by atoms with Crippen molar-refractivity contribution < 1.29 is 4.74 Å². The lowest BCUT2D eigenvalue weighted by molar-refractivity contribution is 0.00454. The van der Waals surface area contributed by atoms with Crippen LogP contribution in [0, 0.1) is 0 Å². The Morgan fingerprint density at radius 1 is 1.38 bits per heavy atom. The zero-order valence-corrected chi connectivity index (χ0v) is 9.78. The molecule has 0 aliphatic carbocycles. The van der Waals surface area contributed by atoms with E-state index in [1.807, 2.05) is 0 Å². The van der Waals surface area contributed by atoms with Crippen molar-refractivity contribution in [3.8, 4) is 0 Å². The second-order valence-corrected chi connectivity index (χ2v) is 4.92. The van der Waals surface area contributed by atoms with Crippen molar-refractivity contribution in [3.63, 3.8) is 0 Å². The molecule has 1 aromatic carbocycles. The molecule has 2 aliphatic rings. The molecule has 86 valence electrons. The lowest BCUT2D eigenvalue weighted by Crippen LogP contribution is -2.35. The quantitative estimate of drug-likeness (QED) is 0.822. The second kappa shape index (κ2) is 4.19. The van der Waals surface area contributed by atoms with Gasteiger partial charge in [0.2, 0.25) is 0 Å². The maximum absolute atomic E-state index is 5.89. The number of rotatable bonds is 2. The summed E-state index contributed by atoms with van der Waals surface area (Å²) in [6.07, 6.45) is 4.00. The summed E-state index contributed by atoms with van der Waals surface area (Å²) < 4.78 is 5.89. The largest absolute Gasteiger partial charge is 0.358 e. The van der Waals surface area contributed by atoms with Crippen molar-refractivity contribution in [1.29, 1.82) is 0 Å². The van der Waals surface area contributed by atoms with Gasteiger partial charge in [0, 0.05) is 12.0 Å². The summed E-state index contributed by atoms with van der Waals surface area (Å²) in [5.41, 5.74) is 2.88. The molecule has 3 rings (SSSR count). The molecule has 2 aliphatic heterocycles. The third kappa shape index (κ3) is 1.66. The molecule has 0 aromatic heterocycles. The van der Waals surface area contributed by atoms with E-state index < -0.39 is 0 Å². The Morgan fingerprint density at radius 2 is 2.25 bits per heavy atom. The maximum Gasteiger partial charge on any atom is 0.115 e. The first kappa shape index (κ1) is 10.3. The first-order chi connectivity index (χ1) is 7.88. The molecule has 3 atom stereocenters. The summed E-state index contributed by atoms with van der Waals surface area (Å²) >= 11 is 0. The zero-order valence-electron chi connectivity index (χ0n) is 9.78. The normalized spacial score (nSPS) is 32.2. The highest BCUT2D eigenvalue weighted by molar-refractivity contribution is 5.33. The average Bonchev–Trinajstić information content (AvgIpc) is 2.72. The van der Waals surface area contributed by atoms with E-state index in [9.17, 15) is 0 Å². The van der Waals surface area contributed by atoms with Crippen LogP contribution in [-0.2, 0) is 11.3 Å². The van der Waals surface area contributed by atoms with Crippen molar-refractivity contribution in [2.75, 3.05) is 0 Å². The van der Waals surface area contributed by atoms with Crippen LogP contribution in [0.1, 0.15) is 43.2 Å². The van der Waals surface area contributed by atoms with Gasteiger partial charge >= 0.3 is 0 Å². The van der Waals surface area contributed by atoms with Crippen LogP contribution >= 0.6 is 0 Å². The fourth-order valence-electron chi connectivity index (χ4n) is 3.06. The van der Waals surface area contributed by atoms with E-state index >= 15 is 0 Å². The third-order valence-corrected chi connectivity index (χ3v) is 3.81. The van der Waals surface area contributed by atoms with Crippen LogP contribution < -0.4 is 5.32 Å². The van der Waals surface area contributed by atoms with E-state index in [0.717, 1.165) is 6.61 Å². The Hall–Kier alpha value is -0.860. The van der Waals surface area contributed by atoms with Crippen molar-refractivity contribution in [1.82, 2.24) is 5.32 Å². The van der Waals surface area contributed by atoms with E-state index in [2.05, 4.69) is 36.5 Å². The number of nitrogens with one attached hydrogen (secondary N) is 1. The van der Waals surface area contributed by atoms with Crippen LogP contribution in [0.4, 0.5) is 0 Å². The summed E-state index contributed by atoms with van der Waals surface area (Å²) in [5, 5.41) is 3.61. The summed E-state index contributed by atoms with van der Waals surface area (Å²) in [5.74, 6) is 0.571. The Labute approximate surface area is 97.0 Å². The molecule has 1 aromatic rings. The van der Waals surface area contributed by atoms with Gasteiger partial charge in [0.1, 0.15) is 6.23 Å². The number of fused-ring (bicyclic) bond motifs is 3. The maximum atomic E-state index is 5.89. The molecule has 2 nitrogen and oxygen atoms in total. The smallest absolute Gasteiger partial charge is 0.115 e. The topological polar surface area (TPSA) is 21.3 Å². The predicted octanol–water partition coefficient (Wildman–Crippen LogP) is 2.79. The van der Waals surface area contributed by atoms with Gasteiger partial charge < -0.3 is 4.74 Å². The lowest BCUT2D eigenvalue weighted by atomic mass is 9.89. The van der Waals surface area contributed by atoms with E-state index in [-0.39, 0.29) is 6.23 Å². The van der Waals surface area contributed by atoms with Crippen LogP contribution in [0.2, 0.25) is 0 Å². The number of hydrogen-bond donors (Lipinski definition) is 1. The molecular weight excluding hydrogens is 198 g/mol. The Balaban J connectivity index is 1.84. The summed E-state index contributed by atoms with van der Waals surface area (Å²) in [7, 11) is 0. The summed E-state index contributed by atoms with van der Waals surface area (Å²) in [4.78, 5) is 0. The van der Waals surface area contributed by atoms with Crippen molar-refractivity contribution in [2.45, 2.75) is 51.0 Å². The Kier molecular flexibility index (Phi) is 2.70. The lowest BCUT2D eigenvalue weighted by Gasteiger charge is -2.28. The zero-order chi connectivity index (χ0) is 11.0. The molecule has 0 saturated carbocycles. The fourth-order valence-corrected chi connectivity index (χ4v) is 3.06. The first-order valence-corrected chi connectivity index (χ1v) is 6.34. The van der Waals surface area contributed by atoms with E-state index in [1.54, 1.807) is 0 Å². The van der Waals surface area contributed by atoms with Gasteiger partial charge in [-0.1, -0.05) is 37.6 Å². The molecular formula is C14H19NO. The predicted molar refractivity (Wildman–Crippen MR) is 64.2 cm³/mol. The van der Waals surface area contributed by atoms with Gasteiger partial charge in [0.05, 0.1) is 6.61 Å². The Morgan fingerprint density at radius 3 is 3.12 bits per heavy atom. The highest BCUT2D eigenvalue weighted by Gasteiger charge is 2.38. The van der Waals surface area contributed by atoms with Gasteiger partial charge in [-0.3, -0.25) is 5.32 Å². The molecule has 1 saturated heterocycles. The second-order valence-electron chi connectivity index (χ2n) is 4.92. The van der Waals surface area contributed by atoms with Crippen LogP contribution in [-0.4, -0.2) is 12.3 Å². The van der Waals surface area contributed by atoms with Gasteiger partial charge in [-0.15, -0.1) is 0 Å². The van der Waals surface area contributed by atoms with Crippen LogP contribution in [0.5, 0.6) is 0 Å². The molecule has 0 bridgehead atoms. The highest BCUT2D eigenvalue weighted by Crippen LogP contribution is 2.38. The van der Waals surface area contributed by atoms with Gasteiger partial charge in [-0.25, -0.2) is 0 Å². The minimum atomic E-state index is 0.256. The number of ether oxygens (including phenoxy) is 1. The van der Waals surface area contributed by atoms with E-state index in [1.165, 1.54) is 30.4 Å². The van der Waals surface area contributed by atoms with Gasteiger partial charge in [0.25, 0.3) is 0 Å². The monoisotopic (exact) mass is 217 g/mol. The molecule has 1 N–H and O–H groups in total. The van der Waals surface area contributed by atoms with Crippen molar-refractivity contribution in [3.05, 3.63) is 35.4 Å². The molecule has 0 amide bonds. The average molecular weight is 217 g/mol. The highest BCUT2D eigenvalue weighted by atomic mass is 16.5. The molecule has 1 fully saturated rings. The van der Waals surface area contributed by atoms with Crippen LogP contribution in [0.3, 0.4) is 0 Å².